The van der Waals surface area contributed by atoms with E-state index in [4.69, 9.17) is 16.3 Å². The molecule has 2 amide bonds. The van der Waals surface area contributed by atoms with Crippen molar-refractivity contribution < 1.29 is 14.3 Å². The second-order valence-electron chi connectivity index (χ2n) is 3.77. The Hall–Kier alpha value is -1.66. The van der Waals surface area contributed by atoms with Crippen LogP contribution in [0.1, 0.15) is 0 Å². The summed E-state index contributed by atoms with van der Waals surface area (Å²) in [5.41, 5.74) is 0. The van der Waals surface area contributed by atoms with E-state index in [1.165, 1.54) is 4.90 Å². The topological polar surface area (TPSA) is 71.5 Å². The molecule has 18 heavy (non-hydrogen) atoms. The molecule has 2 heterocycles. The number of rotatable bonds is 3. The Morgan fingerprint density at radius 3 is 3.17 bits per heavy atom. The molecule has 1 atom stereocenters. The maximum Gasteiger partial charge on any atom is 0.250 e. The normalized spacial score (nSPS) is 19.4. The molecule has 1 fully saturated rings. The van der Waals surface area contributed by atoms with Gasteiger partial charge >= 0.3 is 0 Å². The first-order valence-corrected chi connectivity index (χ1v) is 5.80. The van der Waals surface area contributed by atoms with Crippen LogP contribution < -0.4 is 5.32 Å². The number of anilines is 1. The first-order valence-electron chi connectivity index (χ1n) is 5.43. The quantitative estimate of drug-likeness (QED) is 0.642. The van der Waals surface area contributed by atoms with E-state index >= 15 is 0 Å². The van der Waals surface area contributed by atoms with Crippen molar-refractivity contribution in [2.24, 2.45) is 0 Å². The van der Waals surface area contributed by atoms with E-state index in [1.54, 1.807) is 18.2 Å². The highest BCUT2D eigenvalue weighted by Gasteiger charge is 2.28. The van der Waals surface area contributed by atoms with Crippen LogP contribution in [0.5, 0.6) is 0 Å². The minimum Gasteiger partial charge on any atom is -0.377 e. The Kier molecular flexibility index (Phi) is 4.11. The van der Waals surface area contributed by atoms with Gasteiger partial charge in [0.2, 0.25) is 6.41 Å². The molecule has 0 aliphatic carbocycles. The number of aromatic nitrogens is 1. The van der Waals surface area contributed by atoms with Crippen molar-refractivity contribution in [2.45, 2.75) is 6.04 Å². The summed E-state index contributed by atoms with van der Waals surface area (Å²) in [6.07, 6.45) is 0.651. The zero-order chi connectivity index (χ0) is 13.0. The van der Waals surface area contributed by atoms with Gasteiger partial charge in [-0.3, -0.25) is 9.59 Å². The SMILES string of the molecule is O=CN1CCOCC1C(=O)Nc1cccc(Cl)n1. The number of morpholine rings is 1. The van der Waals surface area contributed by atoms with Crippen LogP contribution in [0.25, 0.3) is 0 Å². The highest BCUT2D eigenvalue weighted by molar-refractivity contribution is 6.29. The van der Waals surface area contributed by atoms with Gasteiger partial charge in [0.05, 0.1) is 13.2 Å². The van der Waals surface area contributed by atoms with Crippen molar-refractivity contribution >= 4 is 29.7 Å². The predicted molar refractivity (Wildman–Crippen MR) is 65.3 cm³/mol. The molecule has 7 heteroatoms. The van der Waals surface area contributed by atoms with Gasteiger partial charge in [0.25, 0.3) is 5.91 Å². The molecule has 1 aliphatic heterocycles. The average molecular weight is 270 g/mol. The van der Waals surface area contributed by atoms with Gasteiger partial charge in [0.15, 0.2) is 0 Å². The zero-order valence-electron chi connectivity index (χ0n) is 9.51. The second-order valence-corrected chi connectivity index (χ2v) is 4.16. The molecule has 0 radical (unpaired) electrons. The first-order chi connectivity index (χ1) is 8.70. The van der Waals surface area contributed by atoms with Crippen molar-refractivity contribution in [2.75, 3.05) is 25.1 Å². The monoisotopic (exact) mass is 269 g/mol. The summed E-state index contributed by atoms with van der Waals surface area (Å²) in [5.74, 6) is 0.0143. The van der Waals surface area contributed by atoms with Gasteiger partial charge < -0.3 is 15.0 Å². The van der Waals surface area contributed by atoms with Gasteiger partial charge in [-0.2, -0.15) is 0 Å². The molecule has 1 unspecified atom stereocenters. The van der Waals surface area contributed by atoms with E-state index < -0.39 is 6.04 Å². The lowest BCUT2D eigenvalue weighted by atomic mass is 10.2. The Morgan fingerprint density at radius 2 is 2.44 bits per heavy atom. The summed E-state index contributed by atoms with van der Waals surface area (Å²) in [5, 5.41) is 2.89. The number of amides is 2. The highest BCUT2D eigenvalue weighted by atomic mass is 35.5. The lowest BCUT2D eigenvalue weighted by Crippen LogP contribution is -2.51. The van der Waals surface area contributed by atoms with Crippen molar-refractivity contribution in [3.05, 3.63) is 23.4 Å². The van der Waals surface area contributed by atoms with E-state index in [9.17, 15) is 9.59 Å². The van der Waals surface area contributed by atoms with Gasteiger partial charge in [0, 0.05) is 6.54 Å². The largest absolute Gasteiger partial charge is 0.377 e. The zero-order valence-corrected chi connectivity index (χ0v) is 10.3. The number of pyridine rings is 1. The number of halogens is 1. The molecular weight excluding hydrogens is 258 g/mol. The van der Waals surface area contributed by atoms with E-state index in [0.29, 0.717) is 30.5 Å². The Morgan fingerprint density at radius 1 is 1.61 bits per heavy atom. The fraction of sp³-hybridized carbons (Fsp3) is 0.364. The molecule has 0 aromatic carbocycles. The lowest BCUT2D eigenvalue weighted by molar-refractivity contribution is -0.137. The van der Waals surface area contributed by atoms with Crippen LogP contribution in [-0.2, 0) is 14.3 Å². The third kappa shape index (κ3) is 2.96. The molecule has 1 saturated heterocycles. The number of carbonyl (C=O) groups is 2. The van der Waals surface area contributed by atoms with Crippen molar-refractivity contribution in [1.82, 2.24) is 9.88 Å². The number of nitrogens with zero attached hydrogens (tertiary/aromatic N) is 2. The molecular formula is C11H12ClN3O3. The Labute approximate surface area is 109 Å². The van der Waals surface area contributed by atoms with Crippen LogP contribution in [0, 0.1) is 0 Å². The number of carbonyl (C=O) groups excluding carboxylic acids is 2. The van der Waals surface area contributed by atoms with Gasteiger partial charge in [-0.15, -0.1) is 0 Å². The molecule has 1 N–H and O–H groups in total. The summed E-state index contributed by atoms with van der Waals surface area (Å²) >= 11 is 5.72. The van der Waals surface area contributed by atoms with E-state index in [2.05, 4.69) is 10.3 Å². The fourth-order valence-electron chi connectivity index (χ4n) is 1.66. The minimum atomic E-state index is -0.628. The van der Waals surface area contributed by atoms with E-state index in [1.807, 2.05) is 0 Å². The number of hydrogen-bond acceptors (Lipinski definition) is 4. The van der Waals surface area contributed by atoms with Crippen LogP contribution in [0.3, 0.4) is 0 Å². The van der Waals surface area contributed by atoms with Gasteiger partial charge in [-0.25, -0.2) is 4.98 Å². The number of nitrogens with one attached hydrogen (secondary N) is 1. The molecule has 1 aliphatic rings. The maximum absolute atomic E-state index is 12.0. The van der Waals surface area contributed by atoms with Crippen LogP contribution in [0.15, 0.2) is 18.2 Å². The minimum absolute atomic E-state index is 0.186. The standard InChI is InChI=1S/C11H12ClN3O3/c12-9-2-1-3-10(13-9)14-11(17)8-6-18-5-4-15(8)7-16/h1-3,7-8H,4-6H2,(H,13,14,17). The molecule has 0 saturated carbocycles. The van der Waals surface area contributed by atoms with Gasteiger partial charge in [-0.05, 0) is 12.1 Å². The summed E-state index contributed by atoms with van der Waals surface area (Å²) in [6.45, 7) is 1.04. The van der Waals surface area contributed by atoms with Crippen LogP contribution in [-0.4, -0.2) is 48.0 Å². The number of hydrogen-bond donors (Lipinski definition) is 1. The predicted octanol–water partition coefficient (Wildman–Crippen LogP) is 0.531. The Balaban J connectivity index is 2.04. The molecule has 1 aromatic heterocycles. The van der Waals surface area contributed by atoms with Gasteiger partial charge in [-0.1, -0.05) is 17.7 Å². The van der Waals surface area contributed by atoms with Crippen molar-refractivity contribution in [3.63, 3.8) is 0 Å². The first kappa shape index (κ1) is 12.8. The van der Waals surface area contributed by atoms with E-state index in [0.717, 1.165) is 0 Å². The van der Waals surface area contributed by atoms with E-state index in [-0.39, 0.29) is 12.5 Å². The van der Waals surface area contributed by atoms with Crippen molar-refractivity contribution in [3.8, 4) is 0 Å². The lowest BCUT2D eigenvalue weighted by Gasteiger charge is -2.31. The second kappa shape index (κ2) is 5.79. The average Bonchev–Trinajstić information content (AvgIpc) is 2.38. The Bertz CT molecular complexity index is 455. The third-order valence-corrected chi connectivity index (χ3v) is 2.78. The van der Waals surface area contributed by atoms with Crippen LogP contribution in [0.2, 0.25) is 5.15 Å². The maximum atomic E-state index is 12.0. The smallest absolute Gasteiger partial charge is 0.250 e. The summed E-state index contributed by atoms with van der Waals surface area (Å²) in [6, 6.07) is 4.29. The van der Waals surface area contributed by atoms with Crippen molar-refractivity contribution in [1.29, 1.82) is 0 Å². The summed E-state index contributed by atoms with van der Waals surface area (Å²) in [7, 11) is 0. The molecule has 96 valence electrons. The molecule has 2 rings (SSSR count). The molecule has 6 nitrogen and oxygen atoms in total. The fourth-order valence-corrected chi connectivity index (χ4v) is 1.82. The summed E-state index contributed by atoms with van der Waals surface area (Å²) < 4.78 is 5.19. The highest BCUT2D eigenvalue weighted by Crippen LogP contribution is 2.11. The molecule has 0 bridgehead atoms. The summed E-state index contributed by atoms with van der Waals surface area (Å²) in [4.78, 5) is 28.2. The van der Waals surface area contributed by atoms with Crippen LogP contribution >= 0.6 is 11.6 Å². The molecule has 0 spiro atoms. The number of ether oxygens (including phenoxy) is 1. The van der Waals surface area contributed by atoms with Gasteiger partial charge in [0.1, 0.15) is 17.0 Å². The molecule has 1 aromatic rings. The van der Waals surface area contributed by atoms with Crippen LogP contribution in [0.4, 0.5) is 5.82 Å². The third-order valence-electron chi connectivity index (χ3n) is 2.57.